The Bertz CT molecular complexity index is 1030. The van der Waals surface area contributed by atoms with Crippen molar-refractivity contribution in [2.24, 2.45) is 0 Å². The number of rotatable bonds is 5. The van der Waals surface area contributed by atoms with E-state index in [1.165, 1.54) is 23.5 Å². The fraction of sp³-hybridized carbons (Fsp3) is 0.158. The van der Waals surface area contributed by atoms with Crippen LogP contribution in [-0.4, -0.2) is 29.1 Å². The summed E-state index contributed by atoms with van der Waals surface area (Å²) in [6.45, 7) is 0.510. The lowest BCUT2D eigenvalue weighted by molar-refractivity contribution is -0.385. The predicted octanol–water partition coefficient (Wildman–Crippen LogP) is 3.85. The van der Waals surface area contributed by atoms with Crippen molar-refractivity contribution in [1.29, 1.82) is 0 Å². The molecular weight excluding hydrogens is 384 g/mol. The molecular formula is C19H14N2O6S. The summed E-state index contributed by atoms with van der Waals surface area (Å²) in [5, 5.41) is 13.9. The number of thiazole rings is 1. The van der Waals surface area contributed by atoms with E-state index >= 15 is 0 Å². The van der Waals surface area contributed by atoms with E-state index in [2.05, 4.69) is 4.98 Å². The first kappa shape index (κ1) is 17.9. The molecule has 142 valence electrons. The van der Waals surface area contributed by atoms with Gasteiger partial charge < -0.3 is 14.2 Å². The van der Waals surface area contributed by atoms with Gasteiger partial charge in [-0.2, -0.15) is 0 Å². The Morgan fingerprint density at radius 3 is 2.61 bits per heavy atom. The summed E-state index contributed by atoms with van der Waals surface area (Å²) in [7, 11) is 0. The van der Waals surface area contributed by atoms with Gasteiger partial charge in [0.25, 0.3) is 5.69 Å². The third-order valence-corrected chi connectivity index (χ3v) is 4.94. The van der Waals surface area contributed by atoms with Crippen LogP contribution >= 0.6 is 11.3 Å². The van der Waals surface area contributed by atoms with Crippen LogP contribution in [0.4, 0.5) is 5.69 Å². The van der Waals surface area contributed by atoms with E-state index in [1.807, 2.05) is 30.3 Å². The molecule has 1 aliphatic heterocycles. The van der Waals surface area contributed by atoms with Crippen LogP contribution in [0.1, 0.15) is 16.1 Å². The van der Waals surface area contributed by atoms with E-state index in [0.29, 0.717) is 18.9 Å². The minimum Gasteiger partial charge on any atom is -0.486 e. The second-order valence-electron chi connectivity index (χ2n) is 5.86. The monoisotopic (exact) mass is 398 g/mol. The first-order valence-electron chi connectivity index (χ1n) is 8.37. The summed E-state index contributed by atoms with van der Waals surface area (Å²) in [5.74, 6) is -0.303. The Kier molecular flexibility index (Phi) is 4.90. The number of hydrogen-bond acceptors (Lipinski definition) is 8. The first-order chi connectivity index (χ1) is 13.6. The van der Waals surface area contributed by atoms with Crippen LogP contribution in [0.15, 0.2) is 47.8 Å². The number of nitro groups is 1. The number of fused-ring (bicyclic) bond motifs is 1. The molecule has 8 nitrogen and oxygen atoms in total. The number of aromatic nitrogens is 1. The third kappa shape index (κ3) is 3.65. The van der Waals surface area contributed by atoms with Crippen molar-refractivity contribution in [1.82, 2.24) is 4.98 Å². The quantitative estimate of drug-likeness (QED) is 0.365. The van der Waals surface area contributed by atoms with E-state index in [1.54, 1.807) is 5.38 Å². The van der Waals surface area contributed by atoms with E-state index < -0.39 is 16.6 Å². The number of nitro benzene ring substituents is 1. The summed E-state index contributed by atoms with van der Waals surface area (Å²) >= 11 is 1.43. The average molecular weight is 398 g/mol. The predicted molar refractivity (Wildman–Crippen MR) is 101 cm³/mol. The van der Waals surface area contributed by atoms with Crippen molar-refractivity contribution in [3.8, 4) is 22.1 Å². The summed E-state index contributed by atoms with van der Waals surface area (Å²) in [4.78, 5) is 27.6. The van der Waals surface area contributed by atoms with Crippen LogP contribution in [0.3, 0.4) is 0 Å². The number of carbonyl (C=O) groups is 1. The summed E-state index contributed by atoms with van der Waals surface area (Å²) < 4.78 is 16.0. The third-order valence-electron chi connectivity index (χ3n) is 4.00. The van der Waals surface area contributed by atoms with E-state index in [4.69, 9.17) is 14.2 Å². The number of hydrogen-bond donors (Lipinski definition) is 0. The molecule has 1 aromatic heterocycles. The van der Waals surface area contributed by atoms with Gasteiger partial charge in [0.2, 0.25) is 0 Å². The van der Waals surface area contributed by atoms with Gasteiger partial charge in [-0.15, -0.1) is 11.3 Å². The lowest BCUT2D eigenvalue weighted by atomic mass is 10.1. The molecule has 0 radical (unpaired) electrons. The van der Waals surface area contributed by atoms with Gasteiger partial charge in [0.15, 0.2) is 11.5 Å². The standard InChI is InChI=1S/C19H14N2O6S/c22-19(14-8-16-17(26-7-6-25-16)9-15(14)21(23)24)27-10-13-11-28-18(20-13)12-4-2-1-3-5-12/h1-5,8-9,11H,6-7,10H2. The highest BCUT2D eigenvalue weighted by atomic mass is 32.1. The molecule has 0 N–H and O–H groups in total. The lowest BCUT2D eigenvalue weighted by Gasteiger charge is -2.18. The second kappa shape index (κ2) is 7.65. The fourth-order valence-corrected chi connectivity index (χ4v) is 3.51. The Morgan fingerprint density at radius 2 is 1.89 bits per heavy atom. The minimum atomic E-state index is -0.821. The highest BCUT2D eigenvalue weighted by Gasteiger charge is 2.27. The van der Waals surface area contributed by atoms with Crippen LogP contribution in [0.2, 0.25) is 0 Å². The van der Waals surface area contributed by atoms with Gasteiger partial charge in [0.1, 0.15) is 30.4 Å². The Hall–Kier alpha value is -3.46. The topological polar surface area (TPSA) is 101 Å². The molecule has 1 aliphatic rings. The van der Waals surface area contributed by atoms with E-state index in [9.17, 15) is 14.9 Å². The Balaban J connectivity index is 1.51. The van der Waals surface area contributed by atoms with Crippen LogP contribution in [0.25, 0.3) is 10.6 Å². The number of carbonyl (C=O) groups excluding carboxylic acids is 1. The van der Waals surface area contributed by atoms with Gasteiger partial charge in [-0.05, 0) is 0 Å². The fourth-order valence-electron chi connectivity index (χ4n) is 2.70. The molecule has 0 unspecified atom stereocenters. The molecule has 2 heterocycles. The maximum Gasteiger partial charge on any atom is 0.345 e. The Morgan fingerprint density at radius 1 is 1.18 bits per heavy atom. The zero-order valence-electron chi connectivity index (χ0n) is 14.5. The molecule has 2 aromatic carbocycles. The first-order valence-corrected chi connectivity index (χ1v) is 9.25. The molecule has 0 saturated carbocycles. The van der Waals surface area contributed by atoms with Crippen molar-refractivity contribution in [2.75, 3.05) is 13.2 Å². The molecule has 4 rings (SSSR count). The van der Waals surface area contributed by atoms with Gasteiger partial charge in [0.05, 0.1) is 16.7 Å². The minimum absolute atomic E-state index is 0.0895. The second-order valence-corrected chi connectivity index (χ2v) is 6.71. The van der Waals surface area contributed by atoms with Crippen molar-refractivity contribution in [3.63, 3.8) is 0 Å². The normalized spacial score (nSPS) is 12.4. The van der Waals surface area contributed by atoms with Crippen LogP contribution in [0, 0.1) is 10.1 Å². The maximum atomic E-state index is 12.5. The van der Waals surface area contributed by atoms with Gasteiger partial charge in [-0.1, -0.05) is 30.3 Å². The number of ether oxygens (including phenoxy) is 3. The zero-order chi connectivity index (χ0) is 19.5. The zero-order valence-corrected chi connectivity index (χ0v) is 15.3. The van der Waals surface area contributed by atoms with Gasteiger partial charge in [0, 0.05) is 17.0 Å². The van der Waals surface area contributed by atoms with Crippen LogP contribution in [0.5, 0.6) is 11.5 Å². The molecule has 0 saturated heterocycles. The number of esters is 1. The molecule has 9 heteroatoms. The molecule has 3 aromatic rings. The number of nitrogens with zero attached hydrogens (tertiary/aromatic N) is 2. The van der Waals surface area contributed by atoms with Crippen LogP contribution < -0.4 is 9.47 Å². The Labute approximate surface area is 163 Å². The molecule has 0 amide bonds. The SMILES string of the molecule is O=C(OCc1csc(-c2ccccc2)n1)c1cc2c(cc1[N+](=O)[O-])OCCO2. The number of benzene rings is 2. The molecule has 0 fully saturated rings. The highest BCUT2D eigenvalue weighted by Crippen LogP contribution is 2.37. The summed E-state index contributed by atoms with van der Waals surface area (Å²) in [6.07, 6.45) is 0. The van der Waals surface area contributed by atoms with E-state index in [0.717, 1.165) is 10.6 Å². The largest absolute Gasteiger partial charge is 0.486 e. The highest BCUT2D eigenvalue weighted by molar-refractivity contribution is 7.13. The lowest BCUT2D eigenvalue weighted by Crippen LogP contribution is -2.17. The average Bonchev–Trinajstić information content (AvgIpc) is 3.20. The molecule has 0 aliphatic carbocycles. The summed E-state index contributed by atoms with van der Waals surface area (Å²) in [6, 6.07) is 12.1. The molecule has 0 atom stereocenters. The van der Waals surface area contributed by atoms with Gasteiger partial charge in [-0.3, -0.25) is 10.1 Å². The molecule has 0 spiro atoms. The maximum absolute atomic E-state index is 12.5. The smallest absolute Gasteiger partial charge is 0.345 e. The van der Waals surface area contributed by atoms with Crippen molar-refractivity contribution < 1.29 is 23.9 Å². The van der Waals surface area contributed by atoms with Crippen molar-refractivity contribution in [3.05, 3.63) is 69.2 Å². The van der Waals surface area contributed by atoms with Gasteiger partial charge >= 0.3 is 5.97 Å². The summed E-state index contributed by atoms with van der Waals surface area (Å²) in [5.41, 5.74) is 0.954. The van der Waals surface area contributed by atoms with Crippen LogP contribution in [-0.2, 0) is 11.3 Å². The molecule has 0 bridgehead atoms. The van der Waals surface area contributed by atoms with Crippen molar-refractivity contribution in [2.45, 2.75) is 6.61 Å². The molecule has 28 heavy (non-hydrogen) atoms. The van der Waals surface area contributed by atoms with Gasteiger partial charge in [-0.25, -0.2) is 9.78 Å². The van der Waals surface area contributed by atoms with Crippen molar-refractivity contribution >= 4 is 23.0 Å². The van der Waals surface area contributed by atoms with E-state index in [-0.39, 0.29) is 23.7 Å².